The van der Waals surface area contributed by atoms with Crippen LogP contribution in [-0.4, -0.2) is 22.2 Å². The van der Waals surface area contributed by atoms with Crippen LogP contribution in [0.1, 0.15) is 27.8 Å². The summed E-state index contributed by atoms with van der Waals surface area (Å²) in [5, 5.41) is 3.27. The second-order valence-electron chi connectivity index (χ2n) is 7.62. The summed E-state index contributed by atoms with van der Waals surface area (Å²) in [5.41, 5.74) is 5.88. The number of halogens is 1. The SMILES string of the molecule is C=CCNc1cncc(Cc2ccnc(N=C(c3ccccc3)c3ccccc3)c2F)c1C. The first-order valence-corrected chi connectivity index (χ1v) is 10.8. The Morgan fingerprint density at radius 3 is 2.27 bits per heavy atom. The Morgan fingerprint density at radius 1 is 0.970 bits per heavy atom. The molecule has 0 aliphatic heterocycles. The molecule has 2 aromatic carbocycles. The van der Waals surface area contributed by atoms with Gasteiger partial charge in [0, 0.05) is 36.5 Å². The molecule has 0 aliphatic rings. The third-order valence-electron chi connectivity index (χ3n) is 5.40. The summed E-state index contributed by atoms with van der Waals surface area (Å²) < 4.78 is 15.6. The van der Waals surface area contributed by atoms with Gasteiger partial charge in [-0.15, -0.1) is 6.58 Å². The number of nitrogens with one attached hydrogen (secondary N) is 1. The molecule has 0 atom stereocenters. The molecule has 4 aromatic rings. The molecule has 1 N–H and O–H groups in total. The van der Waals surface area contributed by atoms with E-state index in [1.807, 2.05) is 67.6 Å². The molecular formula is C28H25FN4. The average Bonchev–Trinajstić information content (AvgIpc) is 2.86. The van der Waals surface area contributed by atoms with Crippen molar-refractivity contribution in [1.82, 2.24) is 9.97 Å². The molecule has 0 radical (unpaired) electrons. The summed E-state index contributed by atoms with van der Waals surface area (Å²) >= 11 is 0. The molecule has 0 aliphatic carbocycles. The zero-order valence-electron chi connectivity index (χ0n) is 18.5. The van der Waals surface area contributed by atoms with Gasteiger partial charge in [0.15, 0.2) is 11.6 Å². The van der Waals surface area contributed by atoms with Crippen LogP contribution in [0.25, 0.3) is 0 Å². The Hall–Kier alpha value is -4.12. The third-order valence-corrected chi connectivity index (χ3v) is 5.40. The minimum Gasteiger partial charge on any atom is -0.380 e. The van der Waals surface area contributed by atoms with Gasteiger partial charge in [0.1, 0.15) is 0 Å². The molecular weight excluding hydrogens is 411 g/mol. The van der Waals surface area contributed by atoms with E-state index in [4.69, 9.17) is 0 Å². The van der Waals surface area contributed by atoms with Crippen molar-refractivity contribution >= 4 is 17.2 Å². The maximum atomic E-state index is 15.6. The number of hydrogen-bond donors (Lipinski definition) is 1. The Labute approximate surface area is 193 Å². The summed E-state index contributed by atoms with van der Waals surface area (Å²) in [7, 11) is 0. The van der Waals surface area contributed by atoms with Crippen molar-refractivity contribution in [3.8, 4) is 0 Å². The van der Waals surface area contributed by atoms with E-state index in [0.29, 0.717) is 24.2 Å². The summed E-state index contributed by atoms with van der Waals surface area (Å²) in [6.45, 7) is 6.37. The van der Waals surface area contributed by atoms with Crippen LogP contribution in [0.2, 0.25) is 0 Å². The van der Waals surface area contributed by atoms with E-state index in [1.165, 1.54) is 0 Å². The minimum absolute atomic E-state index is 0.0711. The number of hydrogen-bond acceptors (Lipinski definition) is 4. The molecule has 0 saturated carbocycles. The number of anilines is 1. The highest BCUT2D eigenvalue weighted by Gasteiger charge is 2.14. The van der Waals surface area contributed by atoms with Gasteiger partial charge in [-0.3, -0.25) is 4.98 Å². The molecule has 5 heteroatoms. The number of aromatic nitrogens is 2. The fourth-order valence-corrected chi connectivity index (χ4v) is 3.59. The lowest BCUT2D eigenvalue weighted by Crippen LogP contribution is -2.05. The predicted octanol–water partition coefficient (Wildman–Crippen LogP) is 6.28. The number of aliphatic imine (C=N–C) groups is 1. The molecule has 2 heterocycles. The van der Waals surface area contributed by atoms with Gasteiger partial charge in [-0.2, -0.15) is 0 Å². The summed E-state index contributed by atoms with van der Waals surface area (Å²) in [5.74, 6) is -0.354. The highest BCUT2D eigenvalue weighted by Crippen LogP contribution is 2.26. The number of pyridine rings is 2. The van der Waals surface area contributed by atoms with E-state index in [1.54, 1.807) is 30.7 Å². The van der Waals surface area contributed by atoms with Gasteiger partial charge in [-0.05, 0) is 29.7 Å². The quantitative estimate of drug-likeness (QED) is 0.261. The maximum absolute atomic E-state index is 15.6. The zero-order chi connectivity index (χ0) is 23.0. The lowest BCUT2D eigenvalue weighted by molar-refractivity contribution is 0.610. The maximum Gasteiger partial charge on any atom is 0.189 e. The largest absolute Gasteiger partial charge is 0.380 e. The molecule has 0 unspecified atom stereocenters. The lowest BCUT2D eigenvalue weighted by Gasteiger charge is -2.13. The third kappa shape index (κ3) is 5.21. The van der Waals surface area contributed by atoms with Crippen molar-refractivity contribution in [1.29, 1.82) is 0 Å². The standard InChI is InChI=1S/C28H25FN4/c1-3-15-31-25-19-30-18-24(20(25)2)17-23-14-16-32-28(26(23)29)33-27(21-10-6-4-7-11-21)22-12-8-5-9-13-22/h3-14,16,18-19,31H,1,15,17H2,2H3. The molecule has 33 heavy (non-hydrogen) atoms. The van der Waals surface area contributed by atoms with Crippen molar-refractivity contribution in [2.75, 3.05) is 11.9 Å². The minimum atomic E-state index is -0.425. The Balaban J connectivity index is 1.72. The zero-order valence-corrected chi connectivity index (χ0v) is 18.5. The van der Waals surface area contributed by atoms with Crippen LogP contribution in [0.3, 0.4) is 0 Å². The number of nitrogens with zero attached hydrogens (tertiary/aromatic N) is 3. The van der Waals surface area contributed by atoms with Crippen molar-refractivity contribution in [2.45, 2.75) is 13.3 Å². The molecule has 0 saturated heterocycles. The summed E-state index contributed by atoms with van der Waals surface area (Å²) in [6, 6.07) is 21.2. The first-order chi connectivity index (χ1) is 16.2. The van der Waals surface area contributed by atoms with Gasteiger partial charge in [-0.25, -0.2) is 14.4 Å². The van der Waals surface area contributed by atoms with Gasteiger partial charge >= 0.3 is 0 Å². The fourth-order valence-electron chi connectivity index (χ4n) is 3.59. The topological polar surface area (TPSA) is 50.2 Å². The molecule has 164 valence electrons. The lowest BCUT2D eigenvalue weighted by atomic mass is 10.0. The van der Waals surface area contributed by atoms with Crippen LogP contribution in [0.5, 0.6) is 0 Å². The molecule has 0 bridgehead atoms. The molecule has 2 aromatic heterocycles. The predicted molar refractivity (Wildman–Crippen MR) is 133 cm³/mol. The molecule has 0 spiro atoms. The van der Waals surface area contributed by atoms with Gasteiger partial charge < -0.3 is 5.32 Å². The first kappa shape index (κ1) is 22.1. The van der Waals surface area contributed by atoms with E-state index in [2.05, 4.69) is 26.9 Å². The highest BCUT2D eigenvalue weighted by molar-refractivity contribution is 6.13. The van der Waals surface area contributed by atoms with Crippen LogP contribution in [-0.2, 0) is 6.42 Å². The average molecular weight is 437 g/mol. The van der Waals surface area contributed by atoms with Crippen molar-refractivity contribution < 1.29 is 4.39 Å². The van der Waals surface area contributed by atoms with E-state index in [0.717, 1.165) is 27.9 Å². The van der Waals surface area contributed by atoms with E-state index >= 15 is 4.39 Å². The van der Waals surface area contributed by atoms with Crippen LogP contribution < -0.4 is 5.32 Å². The van der Waals surface area contributed by atoms with Crippen LogP contribution in [0.4, 0.5) is 15.9 Å². The Morgan fingerprint density at radius 2 is 1.64 bits per heavy atom. The second-order valence-corrected chi connectivity index (χ2v) is 7.62. The van der Waals surface area contributed by atoms with E-state index in [-0.39, 0.29) is 5.82 Å². The fraction of sp³-hybridized carbons (Fsp3) is 0.107. The number of rotatable bonds is 8. The number of benzene rings is 2. The van der Waals surface area contributed by atoms with Gasteiger partial charge in [0.05, 0.1) is 17.6 Å². The van der Waals surface area contributed by atoms with E-state index < -0.39 is 5.82 Å². The Kier molecular flexibility index (Phi) is 7.00. The summed E-state index contributed by atoms with van der Waals surface area (Å²) in [6.07, 6.45) is 7.33. The van der Waals surface area contributed by atoms with Crippen LogP contribution in [0, 0.1) is 12.7 Å². The van der Waals surface area contributed by atoms with Gasteiger partial charge in [0.25, 0.3) is 0 Å². The molecule has 0 fully saturated rings. The van der Waals surface area contributed by atoms with Gasteiger partial charge in [-0.1, -0.05) is 66.7 Å². The Bertz CT molecular complexity index is 1230. The first-order valence-electron chi connectivity index (χ1n) is 10.8. The normalized spacial score (nSPS) is 10.5. The van der Waals surface area contributed by atoms with Crippen LogP contribution in [0.15, 0.2) is 103 Å². The summed E-state index contributed by atoms with van der Waals surface area (Å²) in [4.78, 5) is 13.2. The van der Waals surface area contributed by atoms with E-state index in [9.17, 15) is 0 Å². The smallest absolute Gasteiger partial charge is 0.189 e. The monoisotopic (exact) mass is 436 g/mol. The molecule has 0 amide bonds. The van der Waals surface area contributed by atoms with Crippen molar-refractivity contribution in [3.63, 3.8) is 0 Å². The van der Waals surface area contributed by atoms with Gasteiger partial charge in [0.2, 0.25) is 0 Å². The highest BCUT2D eigenvalue weighted by atomic mass is 19.1. The second kappa shape index (κ2) is 10.5. The van der Waals surface area contributed by atoms with Crippen molar-refractivity contribution in [2.24, 2.45) is 4.99 Å². The molecule has 4 rings (SSSR count). The van der Waals surface area contributed by atoms with Crippen LogP contribution >= 0.6 is 0 Å². The van der Waals surface area contributed by atoms with Crippen molar-refractivity contribution in [3.05, 3.63) is 132 Å². The molecule has 4 nitrogen and oxygen atoms in total.